The Morgan fingerprint density at radius 1 is 1.56 bits per heavy atom. The van der Waals surface area contributed by atoms with Gasteiger partial charge in [-0.2, -0.15) is 10.4 Å². The molecule has 2 rings (SSSR count). The molecular formula is C13H9N3O2. The van der Waals surface area contributed by atoms with Gasteiger partial charge in [0.05, 0.1) is 30.7 Å². The van der Waals surface area contributed by atoms with Crippen LogP contribution in [0.1, 0.15) is 22.5 Å². The van der Waals surface area contributed by atoms with Crippen LogP contribution in [-0.2, 0) is 4.74 Å². The van der Waals surface area contributed by atoms with E-state index in [2.05, 4.69) is 26.8 Å². The Balaban J connectivity index is 2.42. The summed E-state index contributed by atoms with van der Waals surface area (Å²) in [4.78, 5) is 11.4. The number of hydrogen-bond donors (Lipinski definition) is 1. The van der Waals surface area contributed by atoms with Crippen LogP contribution in [-0.4, -0.2) is 23.3 Å². The lowest BCUT2D eigenvalue weighted by Crippen LogP contribution is -2.00. The van der Waals surface area contributed by atoms with Crippen molar-refractivity contribution in [1.29, 1.82) is 5.26 Å². The van der Waals surface area contributed by atoms with Crippen LogP contribution in [0.25, 0.3) is 10.9 Å². The van der Waals surface area contributed by atoms with E-state index in [0.717, 1.165) is 5.39 Å². The van der Waals surface area contributed by atoms with Gasteiger partial charge in [0.2, 0.25) is 0 Å². The first-order valence-electron chi connectivity index (χ1n) is 5.18. The molecule has 0 radical (unpaired) electrons. The van der Waals surface area contributed by atoms with E-state index in [4.69, 9.17) is 5.26 Å². The van der Waals surface area contributed by atoms with Crippen molar-refractivity contribution in [2.45, 2.75) is 6.42 Å². The summed E-state index contributed by atoms with van der Waals surface area (Å²) in [6.07, 6.45) is 0.167. The molecule has 5 heteroatoms. The monoisotopic (exact) mass is 239 g/mol. The summed E-state index contributed by atoms with van der Waals surface area (Å²) < 4.78 is 4.63. The van der Waals surface area contributed by atoms with Crippen molar-refractivity contribution in [1.82, 2.24) is 10.2 Å². The Hall–Kier alpha value is -2.79. The zero-order valence-electron chi connectivity index (χ0n) is 9.65. The van der Waals surface area contributed by atoms with E-state index in [0.29, 0.717) is 16.8 Å². The average Bonchev–Trinajstić information content (AvgIpc) is 2.80. The third-order valence-corrected chi connectivity index (χ3v) is 2.36. The van der Waals surface area contributed by atoms with Crippen molar-refractivity contribution in [3.8, 4) is 17.9 Å². The fourth-order valence-corrected chi connectivity index (χ4v) is 1.52. The number of esters is 1. The summed E-state index contributed by atoms with van der Waals surface area (Å²) in [6, 6.07) is 6.98. The number of ether oxygens (including phenoxy) is 1. The molecule has 0 aliphatic rings. The first kappa shape index (κ1) is 11.7. The van der Waals surface area contributed by atoms with E-state index in [-0.39, 0.29) is 6.42 Å². The number of H-pyrrole nitrogens is 1. The highest BCUT2D eigenvalue weighted by molar-refractivity contribution is 5.95. The van der Waals surface area contributed by atoms with Crippen molar-refractivity contribution in [3.05, 3.63) is 29.5 Å². The van der Waals surface area contributed by atoms with Gasteiger partial charge >= 0.3 is 5.97 Å². The molecule has 0 saturated heterocycles. The number of aromatic amines is 1. The van der Waals surface area contributed by atoms with Gasteiger partial charge in [0.1, 0.15) is 5.69 Å². The predicted molar refractivity (Wildman–Crippen MR) is 64.5 cm³/mol. The van der Waals surface area contributed by atoms with Gasteiger partial charge in [0, 0.05) is 5.39 Å². The lowest BCUT2D eigenvalue weighted by molar-refractivity contribution is 0.0601. The molecule has 0 atom stereocenters. The molecule has 0 aliphatic carbocycles. The Labute approximate surface area is 103 Å². The molecule has 1 aromatic carbocycles. The number of benzene rings is 1. The van der Waals surface area contributed by atoms with Crippen LogP contribution in [0.4, 0.5) is 0 Å². The molecule has 0 bridgehead atoms. The van der Waals surface area contributed by atoms with Crippen LogP contribution in [0.2, 0.25) is 0 Å². The average molecular weight is 239 g/mol. The van der Waals surface area contributed by atoms with Crippen molar-refractivity contribution in [3.63, 3.8) is 0 Å². The van der Waals surface area contributed by atoms with E-state index in [9.17, 15) is 4.79 Å². The first-order chi connectivity index (χ1) is 8.76. The zero-order valence-corrected chi connectivity index (χ0v) is 9.65. The summed E-state index contributed by atoms with van der Waals surface area (Å²) in [7, 11) is 1.33. The van der Waals surface area contributed by atoms with E-state index >= 15 is 0 Å². The fourth-order valence-electron chi connectivity index (χ4n) is 1.52. The standard InChI is InChI=1S/C13H9N3O2/c1-18-13(17)9-5-6-10-11(4-2-3-7-14)15-16-12(10)8-9/h5-6,8H,3H2,1H3,(H,15,16). The minimum absolute atomic E-state index is 0.167. The molecule has 88 valence electrons. The minimum Gasteiger partial charge on any atom is -0.465 e. The summed E-state index contributed by atoms with van der Waals surface area (Å²) in [6.45, 7) is 0. The van der Waals surface area contributed by atoms with Crippen molar-refractivity contribution in [2.75, 3.05) is 7.11 Å². The van der Waals surface area contributed by atoms with Crippen LogP contribution in [0.15, 0.2) is 18.2 Å². The molecule has 2 aromatic rings. The Bertz CT molecular complexity index is 698. The van der Waals surface area contributed by atoms with Crippen LogP contribution in [0.3, 0.4) is 0 Å². The Kier molecular flexibility index (Phi) is 3.26. The predicted octanol–water partition coefficient (Wildman–Crippen LogP) is 1.61. The third kappa shape index (κ3) is 2.16. The number of fused-ring (bicyclic) bond motifs is 1. The lowest BCUT2D eigenvalue weighted by Gasteiger charge is -1.97. The largest absolute Gasteiger partial charge is 0.465 e. The molecule has 18 heavy (non-hydrogen) atoms. The van der Waals surface area contributed by atoms with Crippen LogP contribution in [0.5, 0.6) is 0 Å². The summed E-state index contributed by atoms with van der Waals surface area (Å²) in [5.74, 6) is 5.12. The minimum atomic E-state index is -0.406. The van der Waals surface area contributed by atoms with Gasteiger partial charge in [-0.05, 0) is 24.1 Å². The Morgan fingerprint density at radius 2 is 2.39 bits per heavy atom. The number of aromatic nitrogens is 2. The topological polar surface area (TPSA) is 78.8 Å². The van der Waals surface area contributed by atoms with Crippen LogP contribution in [0, 0.1) is 23.2 Å². The van der Waals surface area contributed by atoms with Gasteiger partial charge in [-0.25, -0.2) is 4.79 Å². The molecule has 0 spiro atoms. The highest BCUT2D eigenvalue weighted by Crippen LogP contribution is 2.17. The fraction of sp³-hybridized carbons (Fsp3) is 0.154. The summed E-state index contributed by atoms with van der Waals surface area (Å²) in [5, 5.41) is 16.0. The van der Waals surface area contributed by atoms with Gasteiger partial charge < -0.3 is 4.74 Å². The number of nitrogens with zero attached hydrogens (tertiary/aromatic N) is 2. The Morgan fingerprint density at radius 3 is 3.11 bits per heavy atom. The van der Waals surface area contributed by atoms with Crippen molar-refractivity contribution < 1.29 is 9.53 Å². The highest BCUT2D eigenvalue weighted by atomic mass is 16.5. The summed E-state index contributed by atoms with van der Waals surface area (Å²) in [5.41, 5.74) is 1.71. The number of methoxy groups -OCH3 is 1. The zero-order chi connectivity index (χ0) is 13.0. The second-order valence-corrected chi connectivity index (χ2v) is 3.46. The maximum absolute atomic E-state index is 11.4. The van der Waals surface area contributed by atoms with Gasteiger partial charge in [0.25, 0.3) is 0 Å². The van der Waals surface area contributed by atoms with Gasteiger partial charge in [-0.15, -0.1) is 0 Å². The maximum atomic E-state index is 11.4. The molecule has 5 nitrogen and oxygen atoms in total. The quantitative estimate of drug-likeness (QED) is 0.605. The molecule has 0 amide bonds. The molecule has 0 unspecified atom stereocenters. The SMILES string of the molecule is COC(=O)c1ccc2c(C#CCC#N)[nH]nc2c1. The normalized spacial score (nSPS) is 9.33. The van der Waals surface area contributed by atoms with E-state index in [1.165, 1.54) is 7.11 Å². The molecule has 0 fully saturated rings. The van der Waals surface area contributed by atoms with E-state index in [1.807, 2.05) is 6.07 Å². The number of carbonyl (C=O) groups excluding carboxylic acids is 1. The smallest absolute Gasteiger partial charge is 0.337 e. The number of carbonyl (C=O) groups is 1. The highest BCUT2D eigenvalue weighted by Gasteiger charge is 2.09. The molecule has 1 heterocycles. The number of hydrogen-bond acceptors (Lipinski definition) is 4. The molecule has 0 saturated carbocycles. The van der Waals surface area contributed by atoms with E-state index in [1.54, 1.807) is 18.2 Å². The second-order valence-electron chi connectivity index (χ2n) is 3.46. The van der Waals surface area contributed by atoms with Gasteiger partial charge in [-0.3, -0.25) is 5.10 Å². The maximum Gasteiger partial charge on any atom is 0.337 e. The third-order valence-electron chi connectivity index (χ3n) is 2.36. The second kappa shape index (κ2) is 5.03. The number of nitrogens with one attached hydrogen (secondary N) is 1. The van der Waals surface area contributed by atoms with Crippen LogP contribution < -0.4 is 0 Å². The molecule has 0 aliphatic heterocycles. The number of rotatable bonds is 1. The van der Waals surface area contributed by atoms with Crippen molar-refractivity contribution in [2.24, 2.45) is 0 Å². The first-order valence-corrected chi connectivity index (χ1v) is 5.18. The van der Waals surface area contributed by atoms with Gasteiger partial charge in [-0.1, -0.05) is 5.92 Å². The summed E-state index contributed by atoms with van der Waals surface area (Å²) >= 11 is 0. The van der Waals surface area contributed by atoms with Crippen molar-refractivity contribution >= 4 is 16.9 Å². The number of nitriles is 1. The lowest BCUT2D eigenvalue weighted by atomic mass is 10.1. The molecule has 1 N–H and O–H groups in total. The molecular weight excluding hydrogens is 230 g/mol. The van der Waals surface area contributed by atoms with Gasteiger partial charge in [0.15, 0.2) is 0 Å². The van der Waals surface area contributed by atoms with Crippen LogP contribution >= 0.6 is 0 Å². The molecule has 1 aromatic heterocycles. The van der Waals surface area contributed by atoms with E-state index < -0.39 is 5.97 Å².